The van der Waals surface area contributed by atoms with Crippen molar-refractivity contribution >= 4 is 0 Å². The van der Waals surface area contributed by atoms with Gasteiger partial charge >= 0.3 is 0 Å². The second kappa shape index (κ2) is 5.82. The zero-order valence-corrected chi connectivity index (χ0v) is 9.34. The van der Waals surface area contributed by atoms with Crippen molar-refractivity contribution in [1.82, 2.24) is 0 Å². The summed E-state index contributed by atoms with van der Waals surface area (Å²) in [4.78, 5) is 1.23. The normalized spacial score (nSPS) is 12.8. The number of aryl methyl sites for hydroxylation is 1. The topological polar surface area (TPSA) is 4.44 Å². The molecule has 0 radical (unpaired) electrons. The second-order valence-electron chi connectivity index (χ2n) is 4.05. The van der Waals surface area contributed by atoms with Gasteiger partial charge in [0, 0.05) is 12.6 Å². The third-order valence-electron chi connectivity index (χ3n) is 2.35. The van der Waals surface area contributed by atoms with Crippen molar-refractivity contribution in [3.8, 4) is 0 Å². The van der Waals surface area contributed by atoms with Crippen molar-refractivity contribution in [2.75, 3.05) is 7.05 Å². The summed E-state index contributed by atoms with van der Waals surface area (Å²) in [7, 11) is 6.00. The van der Waals surface area contributed by atoms with E-state index in [1.807, 2.05) is 0 Å². The molecule has 14 heavy (non-hydrogen) atoms. The minimum absolute atomic E-state index is 1.01. The highest BCUT2D eigenvalue weighted by atomic mass is 15.0. The van der Waals surface area contributed by atoms with Crippen molar-refractivity contribution in [3.05, 3.63) is 42.4 Å². The van der Waals surface area contributed by atoms with Crippen molar-refractivity contribution < 1.29 is 4.90 Å². The minimum Gasteiger partial charge on any atom is -0.467 e. The third-order valence-corrected chi connectivity index (χ3v) is 2.35. The van der Waals surface area contributed by atoms with Crippen molar-refractivity contribution in [1.29, 1.82) is 0 Å². The number of hydrogen-bond donors (Lipinski definition) is 1. The van der Waals surface area contributed by atoms with Crippen LogP contribution in [0.15, 0.2) is 24.3 Å². The van der Waals surface area contributed by atoms with Crippen molar-refractivity contribution in [2.45, 2.75) is 32.7 Å². The lowest BCUT2D eigenvalue weighted by molar-refractivity contribution is -0.846. The largest absolute Gasteiger partial charge is 0.467 e. The van der Waals surface area contributed by atoms with E-state index in [9.17, 15) is 0 Å². The van der Waals surface area contributed by atoms with Crippen LogP contribution in [-0.4, -0.2) is 7.05 Å². The molecule has 1 nitrogen and oxygen atoms in total. The molecule has 0 saturated heterocycles. The first-order chi connectivity index (χ1) is 6.72. The van der Waals surface area contributed by atoms with Crippen LogP contribution in [0.2, 0.25) is 0 Å². The van der Waals surface area contributed by atoms with E-state index in [2.05, 4.69) is 45.3 Å². The van der Waals surface area contributed by atoms with Gasteiger partial charge in [-0.3, -0.25) is 0 Å². The Labute approximate surface area is 87.7 Å². The lowest BCUT2D eigenvalue weighted by Gasteiger charge is -2.14. The van der Waals surface area contributed by atoms with Crippen LogP contribution >= 0.6 is 0 Å². The molecule has 0 aliphatic heterocycles. The van der Waals surface area contributed by atoms with Gasteiger partial charge in [-0.2, -0.15) is 7.05 Å². The van der Waals surface area contributed by atoms with Crippen LogP contribution in [-0.2, 0) is 13.0 Å². The number of hydrogen-bond acceptors (Lipinski definition) is 0. The van der Waals surface area contributed by atoms with Crippen LogP contribution in [0.1, 0.15) is 30.9 Å². The van der Waals surface area contributed by atoms with Crippen LogP contribution in [0.25, 0.3) is 0 Å². The number of benzene rings is 1. The van der Waals surface area contributed by atoms with E-state index in [-0.39, 0.29) is 0 Å². The molecule has 0 heterocycles. The quantitative estimate of drug-likeness (QED) is 0.677. The summed E-state index contributed by atoms with van der Waals surface area (Å²) >= 11 is 0. The standard InChI is InChI=1S/C13H21N/c1-4-5-6-12-7-9-13(10-8-12)11-14(2)3/h7-10,14H,2,4-6,11H2,1,3H3. The fourth-order valence-electron chi connectivity index (χ4n) is 1.55. The minimum atomic E-state index is 1.01. The van der Waals surface area contributed by atoms with Gasteiger partial charge in [-0.15, -0.1) is 0 Å². The van der Waals surface area contributed by atoms with Gasteiger partial charge in [0.15, 0.2) is 0 Å². The predicted octanol–water partition coefficient (Wildman–Crippen LogP) is 1.84. The molecule has 0 bridgehead atoms. The Hall–Kier alpha value is -0.820. The number of unbranched alkanes of at least 4 members (excludes halogenated alkanes) is 1. The maximum Gasteiger partial charge on any atom is 0.0785 e. The molecule has 1 unspecified atom stereocenters. The predicted molar refractivity (Wildman–Crippen MR) is 61.0 cm³/mol. The van der Waals surface area contributed by atoms with Gasteiger partial charge in [0.2, 0.25) is 0 Å². The summed E-state index contributed by atoms with van der Waals surface area (Å²) in [5.41, 5.74) is 2.83. The molecule has 1 rings (SSSR count). The number of quaternary nitrogens is 1. The first-order valence-electron chi connectivity index (χ1n) is 5.44. The van der Waals surface area contributed by atoms with E-state index in [1.54, 1.807) is 0 Å². The Bertz CT molecular complexity index is 248. The lowest BCUT2D eigenvalue weighted by Crippen LogP contribution is -3.01. The average Bonchev–Trinajstić information content (AvgIpc) is 2.16. The maximum absolute atomic E-state index is 3.92. The zero-order chi connectivity index (χ0) is 10.4. The molecule has 78 valence electrons. The number of nitrogens with one attached hydrogen (secondary N) is 1. The smallest absolute Gasteiger partial charge is 0.0785 e. The summed E-state index contributed by atoms with van der Waals surface area (Å²) in [6.07, 6.45) is 3.78. The average molecular weight is 191 g/mol. The van der Waals surface area contributed by atoms with E-state index in [4.69, 9.17) is 0 Å². The molecule has 0 aliphatic rings. The molecule has 1 N–H and O–H groups in total. The van der Waals surface area contributed by atoms with E-state index >= 15 is 0 Å². The van der Waals surface area contributed by atoms with Gasteiger partial charge in [-0.05, 0) is 18.4 Å². The highest BCUT2D eigenvalue weighted by Gasteiger charge is 1.96. The van der Waals surface area contributed by atoms with Crippen molar-refractivity contribution in [2.24, 2.45) is 0 Å². The Balaban J connectivity index is 2.50. The molecule has 0 aliphatic carbocycles. The van der Waals surface area contributed by atoms with Gasteiger partial charge in [0.05, 0.1) is 6.54 Å². The molecule has 1 aromatic carbocycles. The fourth-order valence-corrected chi connectivity index (χ4v) is 1.55. The molecule has 0 saturated carbocycles. The molecule has 0 spiro atoms. The Morgan fingerprint density at radius 2 is 1.71 bits per heavy atom. The van der Waals surface area contributed by atoms with E-state index in [0.717, 1.165) is 6.54 Å². The zero-order valence-electron chi connectivity index (χ0n) is 9.34. The second-order valence-corrected chi connectivity index (χ2v) is 4.05. The molecule has 0 fully saturated rings. The summed E-state index contributed by atoms with van der Waals surface area (Å²) in [6, 6.07) is 8.93. The Morgan fingerprint density at radius 1 is 1.14 bits per heavy atom. The summed E-state index contributed by atoms with van der Waals surface area (Å²) in [5.74, 6) is 0. The van der Waals surface area contributed by atoms with Crippen LogP contribution in [0, 0.1) is 7.05 Å². The van der Waals surface area contributed by atoms with Gasteiger partial charge in [-0.1, -0.05) is 37.6 Å². The summed E-state index contributed by atoms with van der Waals surface area (Å²) in [6.45, 7) is 3.24. The van der Waals surface area contributed by atoms with Crippen LogP contribution < -0.4 is 4.90 Å². The maximum atomic E-state index is 3.92. The highest BCUT2D eigenvalue weighted by Crippen LogP contribution is 2.07. The monoisotopic (exact) mass is 191 g/mol. The van der Waals surface area contributed by atoms with E-state index in [0.29, 0.717) is 0 Å². The van der Waals surface area contributed by atoms with Gasteiger partial charge in [0.1, 0.15) is 0 Å². The first kappa shape index (κ1) is 11.3. The Kier molecular flexibility index (Phi) is 4.68. The van der Waals surface area contributed by atoms with Crippen LogP contribution in [0.4, 0.5) is 0 Å². The highest BCUT2D eigenvalue weighted by molar-refractivity contribution is 5.21. The molecule has 0 amide bonds. The SMILES string of the molecule is [CH2-][NH+](C)Cc1ccc(CCCC)cc1. The molecule has 1 atom stereocenters. The first-order valence-corrected chi connectivity index (χ1v) is 5.44. The molecule has 1 aromatic rings. The van der Waals surface area contributed by atoms with Crippen LogP contribution in [0.5, 0.6) is 0 Å². The summed E-state index contributed by atoms with van der Waals surface area (Å²) < 4.78 is 0. The van der Waals surface area contributed by atoms with Crippen LogP contribution in [0.3, 0.4) is 0 Å². The summed E-state index contributed by atoms with van der Waals surface area (Å²) in [5, 5.41) is 0. The van der Waals surface area contributed by atoms with E-state index < -0.39 is 0 Å². The molecular formula is C13H21N. The fraction of sp³-hybridized carbons (Fsp3) is 0.462. The van der Waals surface area contributed by atoms with E-state index in [1.165, 1.54) is 35.3 Å². The van der Waals surface area contributed by atoms with Crippen molar-refractivity contribution in [3.63, 3.8) is 0 Å². The lowest BCUT2D eigenvalue weighted by atomic mass is 10.1. The molecular weight excluding hydrogens is 170 g/mol. The Morgan fingerprint density at radius 3 is 2.21 bits per heavy atom. The number of rotatable bonds is 5. The van der Waals surface area contributed by atoms with Gasteiger partial charge < -0.3 is 4.90 Å². The third kappa shape index (κ3) is 3.93. The molecule has 0 aromatic heterocycles. The van der Waals surface area contributed by atoms with Gasteiger partial charge in [-0.25, -0.2) is 0 Å². The van der Waals surface area contributed by atoms with Gasteiger partial charge in [0.25, 0.3) is 0 Å². The molecule has 1 heteroatoms.